The normalized spacial score (nSPS) is 19.6. The molecule has 0 unspecified atom stereocenters. The van der Waals surface area contributed by atoms with Crippen molar-refractivity contribution in [2.24, 2.45) is 0 Å². The summed E-state index contributed by atoms with van der Waals surface area (Å²) < 4.78 is 26.1. The van der Waals surface area contributed by atoms with Gasteiger partial charge in [-0.15, -0.1) is 0 Å². The minimum atomic E-state index is -1.28. The van der Waals surface area contributed by atoms with Crippen LogP contribution in [0, 0.1) is 5.82 Å². The lowest BCUT2D eigenvalue weighted by atomic mass is 9.78. The molecule has 1 aromatic carbocycles. The van der Waals surface area contributed by atoms with Gasteiger partial charge in [0.2, 0.25) is 0 Å². The minimum absolute atomic E-state index is 0.0393. The topological polar surface area (TPSA) is 55.8 Å². The van der Waals surface area contributed by atoms with Gasteiger partial charge < -0.3 is 14.4 Å². The fourth-order valence-corrected chi connectivity index (χ4v) is 2.71. The fraction of sp³-hybridized carbons (Fsp3) is 0.438. The van der Waals surface area contributed by atoms with Gasteiger partial charge >= 0.3 is 13.1 Å². The minimum Gasteiger partial charge on any atom is -0.478 e. The van der Waals surface area contributed by atoms with Crippen molar-refractivity contribution < 1.29 is 23.6 Å². The lowest BCUT2D eigenvalue weighted by Crippen LogP contribution is -2.41. The number of carbonyl (C=O) groups is 1. The van der Waals surface area contributed by atoms with Crippen LogP contribution in [0.25, 0.3) is 6.08 Å². The highest BCUT2D eigenvalue weighted by atomic mass is 35.5. The molecule has 1 saturated heterocycles. The Morgan fingerprint density at radius 2 is 1.88 bits per heavy atom. The van der Waals surface area contributed by atoms with E-state index in [9.17, 15) is 9.18 Å². The van der Waals surface area contributed by atoms with Crippen LogP contribution in [0.4, 0.5) is 4.39 Å². The second kappa shape index (κ2) is 6.71. The van der Waals surface area contributed by atoms with E-state index in [-0.39, 0.29) is 21.9 Å². The molecule has 1 aromatic rings. The molecule has 0 bridgehead atoms. The van der Waals surface area contributed by atoms with Crippen molar-refractivity contribution in [2.75, 3.05) is 5.75 Å². The monoisotopic (exact) mass is 372 g/mol. The van der Waals surface area contributed by atoms with Gasteiger partial charge in [-0.2, -0.15) is 12.6 Å². The Morgan fingerprint density at radius 3 is 2.33 bits per heavy atom. The van der Waals surface area contributed by atoms with Gasteiger partial charge in [0.15, 0.2) is 0 Å². The molecule has 0 aliphatic carbocycles. The van der Waals surface area contributed by atoms with E-state index in [1.807, 2.05) is 27.7 Å². The third-order valence-electron chi connectivity index (χ3n) is 4.40. The average molecular weight is 373 g/mol. The van der Waals surface area contributed by atoms with Crippen LogP contribution in [0.3, 0.4) is 0 Å². The third kappa shape index (κ3) is 3.64. The molecule has 24 heavy (non-hydrogen) atoms. The Balaban J connectivity index is 2.39. The van der Waals surface area contributed by atoms with Crippen LogP contribution in [0.2, 0.25) is 5.02 Å². The maximum Gasteiger partial charge on any atom is 0.491 e. The van der Waals surface area contributed by atoms with Gasteiger partial charge in [-0.05, 0) is 45.3 Å². The molecule has 4 nitrogen and oxygen atoms in total. The molecule has 1 aliphatic rings. The van der Waals surface area contributed by atoms with Crippen molar-refractivity contribution in [2.45, 2.75) is 38.9 Å². The second-order valence-corrected chi connectivity index (χ2v) is 7.35. The number of hydrogen-bond donors (Lipinski definition) is 2. The largest absolute Gasteiger partial charge is 0.491 e. The first-order valence-electron chi connectivity index (χ1n) is 7.38. The number of carboxylic acid groups (broad SMARTS) is 1. The average Bonchev–Trinajstić information content (AvgIpc) is 2.67. The summed E-state index contributed by atoms with van der Waals surface area (Å²) in [4.78, 5) is 11.0. The van der Waals surface area contributed by atoms with E-state index >= 15 is 0 Å². The molecule has 0 aromatic heterocycles. The smallest absolute Gasteiger partial charge is 0.478 e. The van der Waals surface area contributed by atoms with Crippen molar-refractivity contribution in [1.82, 2.24) is 0 Å². The molecule has 1 heterocycles. The van der Waals surface area contributed by atoms with E-state index in [4.69, 9.17) is 26.0 Å². The first-order valence-corrected chi connectivity index (χ1v) is 8.39. The second-order valence-electron chi connectivity index (χ2n) is 6.62. The molecule has 0 atom stereocenters. The number of benzene rings is 1. The van der Waals surface area contributed by atoms with Crippen LogP contribution in [0.15, 0.2) is 17.6 Å². The Hall–Kier alpha value is -1.02. The summed E-state index contributed by atoms with van der Waals surface area (Å²) in [6.45, 7) is 7.68. The number of halogens is 2. The zero-order valence-corrected chi connectivity index (χ0v) is 15.5. The van der Waals surface area contributed by atoms with Crippen LogP contribution in [-0.4, -0.2) is 35.1 Å². The number of carboxylic acids is 1. The quantitative estimate of drug-likeness (QED) is 0.616. The molecular weight excluding hydrogens is 354 g/mol. The predicted octanol–water partition coefficient (Wildman–Crippen LogP) is 4.12. The first-order chi connectivity index (χ1) is 11.0. The summed E-state index contributed by atoms with van der Waals surface area (Å²) in [6, 6.07) is 2.17. The van der Waals surface area contributed by atoms with Crippen molar-refractivity contribution in [3.05, 3.63) is 39.6 Å². The van der Waals surface area contributed by atoms with E-state index in [0.29, 0.717) is 5.47 Å². The standard InChI is InChI=1S/C16H19BClFO4S/c1-15(2)16(3,4)23-17(22-15)10(8-24)5-9-6-12(18)11(14(20)21)7-13(9)19/h5-7,24H,8H2,1-4H3,(H,20,21). The van der Waals surface area contributed by atoms with Crippen molar-refractivity contribution in [3.8, 4) is 0 Å². The molecule has 0 radical (unpaired) electrons. The number of aromatic carboxylic acids is 1. The molecule has 1 N–H and O–H groups in total. The lowest BCUT2D eigenvalue weighted by Gasteiger charge is -2.32. The molecule has 2 rings (SSSR count). The summed E-state index contributed by atoms with van der Waals surface area (Å²) in [7, 11) is -0.662. The number of thiol groups is 1. The first kappa shape index (κ1) is 19.3. The van der Waals surface area contributed by atoms with Crippen molar-refractivity contribution in [3.63, 3.8) is 0 Å². The highest BCUT2D eigenvalue weighted by Crippen LogP contribution is 2.39. The third-order valence-corrected chi connectivity index (χ3v) is 5.07. The van der Waals surface area contributed by atoms with Gasteiger partial charge in [-0.25, -0.2) is 9.18 Å². The summed E-state index contributed by atoms with van der Waals surface area (Å²) >= 11 is 10.2. The van der Waals surface area contributed by atoms with Gasteiger partial charge in [-0.3, -0.25) is 0 Å². The molecule has 0 amide bonds. The Kier molecular flexibility index (Phi) is 5.40. The predicted molar refractivity (Wildman–Crippen MR) is 96.3 cm³/mol. The zero-order valence-electron chi connectivity index (χ0n) is 13.9. The maximum absolute atomic E-state index is 14.2. The molecule has 0 saturated carbocycles. The van der Waals surface area contributed by atoms with E-state index < -0.39 is 30.1 Å². The van der Waals surface area contributed by atoms with Crippen LogP contribution in [0.5, 0.6) is 0 Å². The van der Waals surface area contributed by atoms with Gasteiger partial charge in [0, 0.05) is 11.3 Å². The molecule has 1 aliphatic heterocycles. The van der Waals surface area contributed by atoms with Crippen LogP contribution in [-0.2, 0) is 9.31 Å². The molecule has 1 fully saturated rings. The maximum atomic E-state index is 14.2. The van der Waals surface area contributed by atoms with Crippen LogP contribution >= 0.6 is 24.2 Å². The Labute approximate surface area is 151 Å². The highest BCUT2D eigenvalue weighted by molar-refractivity contribution is 7.80. The van der Waals surface area contributed by atoms with Gasteiger partial charge in [0.25, 0.3) is 0 Å². The number of rotatable bonds is 4. The van der Waals surface area contributed by atoms with Crippen molar-refractivity contribution in [1.29, 1.82) is 0 Å². The summed E-state index contributed by atoms with van der Waals surface area (Å²) in [5.74, 6) is -1.68. The molecule has 0 spiro atoms. The SMILES string of the molecule is CC1(C)OB(C(=Cc2cc(Cl)c(C(=O)O)cc2F)CS)OC1(C)C. The number of hydrogen-bond acceptors (Lipinski definition) is 4. The van der Waals surface area contributed by atoms with Crippen LogP contribution < -0.4 is 0 Å². The fourth-order valence-electron chi connectivity index (χ4n) is 2.22. The van der Waals surface area contributed by atoms with E-state index in [2.05, 4.69) is 12.6 Å². The highest BCUT2D eigenvalue weighted by Gasteiger charge is 2.52. The van der Waals surface area contributed by atoms with Crippen LogP contribution in [0.1, 0.15) is 43.6 Å². The van der Waals surface area contributed by atoms with E-state index in [0.717, 1.165) is 6.07 Å². The van der Waals surface area contributed by atoms with Crippen molar-refractivity contribution >= 4 is 43.4 Å². The van der Waals surface area contributed by atoms with E-state index in [1.54, 1.807) is 0 Å². The zero-order chi connectivity index (χ0) is 18.3. The summed E-state index contributed by atoms with van der Waals surface area (Å²) in [6.07, 6.45) is 1.53. The van der Waals surface area contributed by atoms with E-state index in [1.165, 1.54) is 12.1 Å². The molecular formula is C16H19BClFO4S. The molecule has 8 heteroatoms. The summed E-state index contributed by atoms with van der Waals surface area (Å²) in [5.41, 5.74) is -0.556. The van der Waals surface area contributed by atoms with Gasteiger partial charge in [0.1, 0.15) is 5.82 Å². The Morgan fingerprint density at radius 1 is 1.33 bits per heavy atom. The van der Waals surface area contributed by atoms with Gasteiger partial charge in [0.05, 0.1) is 21.8 Å². The summed E-state index contributed by atoms with van der Waals surface area (Å²) in [5, 5.41) is 8.94. The Bertz CT molecular complexity index is 690. The van der Waals surface area contributed by atoms with Gasteiger partial charge in [-0.1, -0.05) is 17.7 Å². The lowest BCUT2D eigenvalue weighted by molar-refractivity contribution is 0.00578. The molecule has 130 valence electrons.